The predicted molar refractivity (Wildman–Crippen MR) is 142 cm³/mol. The highest BCUT2D eigenvalue weighted by Gasteiger charge is 2.24. The molecule has 0 unspecified atom stereocenters. The van der Waals surface area contributed by atoms with Gasteiger partial charge in [-0.15, -0.1) is 0 Å². The summed E-state index contributed by atoms with van der Waals surface area (Å²) in [6, 6.07) is 19.8. The van der Waals surface area contributed by atoms with Crippen LogP contribution in [0.1, 0.15) is 5.56 Å². The van der Waals surface area contributed by atoms with Gasteiger partial charge in [-0.25, -0.2) is 22.4 Å². The number of hydrogen-bond acceptors (Lipinski definition) is 7. The van der Waals surface area contributed by atoms with Crippen LogP contribution in [0.15, 0.2) is 84.0 Å². The highest BCUT2D eigenvalue weighted by Crippen LogP contribution is 2.41. The monoisotopic (exact) mass is 515 g/mol. The van der Waals surface area contributed by atoms with Crippen molar-refractivity contribution < 1.29 is 22.6 Å². The van der Waals surface area contributed by atoms with Crippen molar-refractivity contribution in [2.45, 2.75) is 11.8 Å². The SMILES string of the molecule is COc1cc(-c2cnc3c(n2)c(-c2ccccc2)cn3S(=O)(=O)c2ccc(C)cc2)cc(OC)c1OC. The zero-order valence-electron chi connectivity index (χ0n) is 20.8. The summed E-state index contributed by atoms with van der Waals surface area (Å²) in [5.74, 6) is 1.41. The molecule has 8 nitrogen and oxygen atoms in total. The fraction of sp³-hybridized carbons (Fsp3) is 0.143. The molecule has 0 spiro atoms. The lowest BCUT2D eigenvalue weighted by molar-refractivity contribution is 0.324. The number of hydrogen-bond donors (Lipinski definition) is 0. The summed E-state index contributed by atoms with van der Waals surface area (Å²) in [7, 11) is 0.700. The first kappa shape index (κ1) is 24.3. The maximum Gasteiger partial charge on any atom is 0.269 e. The van der Waals surface area contributed by atoms with E-state index < -0.39 is 10.0 Å². The van der Waals surface area contributed by atoms with E-state index in [2.05, 4.69) is 4.98 Å². The number of aromatic nitrogens is 3. The Labute approximate surface area is 215 Å². The normalized spacial score (nSPS) is 11.5. The van der Waals surface area contributed by atoms with E-state index in [9.17, 15) is 8.42 Å². The summed E-state index contributed by atoms with van der Waals surface area (Å²) in [5, 5.41) is 0. The second-order valence-corrected chi connectivity index (χ2v) is 10.2. The number of rotatable bonds is 7. The van der Waals surface area contributed by atoms with Crippen LogP contribution in [0.4, 0.5) is 0 Å². The van der Waals surface area contributed by atoms with E-state index >= 15 is 0 Å². The van der Waals surface area contributed by atoms with E-state index in [1.165, 1.54) is 11.1 Å². The Balaban J connectivity index is 1.75. The second kappa shape index (κ2) is 9.59. The molecule has 9 heteroatoms. The topological polar surface area (TPSA) is 92.5 Å². The van der Waals surface area contributed by atoms with E-state index in [-0.39, 0.29) is 10.5 Å². The van der Waals surface area contributed by atoms with E-state index in [0.717, 1.165) is 11.1 Å². The molecule has 0 aliphatic carbocycles. The van der Waals surface area contributed by atoms with Gasteiger partial charge in [0.15, 0.2) is 17.1 Å². The van der Waals surface area contributed by atoms with Crippen molar-refractivity contribution in [2.75, 3.05) is 21.3 Å². The molecule has 5 rings (SSSR count). The number of fused-ring (bicyclic) bond motifs is 1. The van der Waals surface area contributed by atoms with Crippen LogP contribution in [0, 0.1) is 6.92 Å². The first-order chi connectivity index (χ1) is 17.9. The maximum absolute atomic E-state index is 13.6. The van der Waals surface area contributed by atoms with Gasteiger partial charge in [0.05, 0.1) is 38.1 Å². The van der Waals surface area contributed by atoms with Gasteiger partial charge >= 0.3 is 0 Å². The smallest absolute Gasteiger partial charge is 0.269 e. The average molecular weight is 516 g/mol. The van der Waals surface area contributed by atoms with Crippen molar-refractivity contribution in [1.29, 1.82) is 0 Å². The summed E-state index contributed by atoms with van der Waals surface area (Å²) < 4.78 is 44.9. The number of nitrogens with zero attached hydrogens (tertiary/aromatic N) is 3. The summed E-state index contributed by atoms with van der Waals surface area (Å²) in [6.45, 7) is 1.91. The molecule has 0 saturated carbocycles. The van der Waals surface area contributed by atoms with E-state index in [4.69, 9.17) is 19.2 Å². The minimum atomic E-state index is -3.92. The van der Waals surface area contributed by atoms with Gasteiger partial charge in [-0.05, 0) is 36.8 Å². The quantitative estimate of drug-likeness (QED) is 0.289. The number of aryl methyl sites for hydroxylation is 1. The highest BCUT2D eigenvalue weighted by atomic mass is 32.2. The Kier molecular flexibility index (Phi) is 6.31. The minimum absolute atomic E-state index is 0.171. The van der Waals surface area contributed by atoms with Crippen molar-refractivity contribution in [1.82, 2.24) is 13.9 Å². The summed E-state index contributed by atoms with van der Waals surface area (Å²) in [5.41, 5.74) is 4.32. The molecule has 2 aromatic heterocycles. The van der Waals surface area contributed by atoms with Gasteiger partial charge in [-0.1, -0.05) is 48.0 Å². The maximum atomic E-state index is 13.6. The molecule has 37 heavy (non-hydrogen) atoms. The van der Waals surface area contributed by atoms with Crippen LogP contribution in [0.5, 0.6) is 17.2 Å². The van der Waals surface area contributed by atoms with Gasteiger partial charge in [0.2, 0.25) is 5.75 Å². The molecule has 0 N–H and O–H groups in total. The molecule has 0 amide bonds. The molecule has 0 radical (unpaired) electrons. The third kappa shape index (κ3) is 4.27. The standard InChI is InChI=1S/C28H25N3O5S/c1-18-10-12-21(13-11-18)37(32,33)31-17-22(19-8-6-5-7-9-19)26-28(31)29-16-23(30-26)20-14-24(34-2)27(36-4)25(15-20)35-3/h5-17H,1-4H3. The fourth-order valence-corrected chi connectivity index (χ4v) is 5.48. The average Bonchev–Trinajstić information content (AvgIpc) is 3.32. The summed E-state index contributed by atoms with van der Waals surface area (Å²) in [4.78, 5) is 9.62. The van der Waals surface area contributed by atoms with Gasteiger partial charge < -0.3 is 14.2 Å². The van der Waals surface area contributed by atoms with Crippen LogP contribution in [-0.2, 0) is 10.0 Å². The molecule has 5 aromatic rings. The molecular weight excluding hydrogens is 490 g/mol. The second-order valence-electron chi connectivity index (χ2n) is 8.36. The van der Waals surface area contributed by atoms with E-state index in [0.29, 0.717) is 39.6 Å². The van der Waals surface area contributed by atoms with Crippen LogP contribution in [-0.4, -0.2) is 43.7 Å². The molecule has 0 bridgehead atoms. The van der Waals surface area contributed by atoms with Crippen LogP contribution in [0.3, 0.4) is 0 Å². The first-order valence-corrected chi connectivity index (χ1v) is 12.9. The van der Waals surface area contributed by atoms with Crippen molar-refractivity contribution in [3.8, 4) is 39.6 Å². The zero-order chi connectivity index (χ0) is 26.2. The molecule has 0 aliphatic heterocycles. The lowest BCUT2D eigenvalue weighted by Crippen LogP contribution is -2.12. The highest BCUT2D eigenvalue weighted by molar-refractivity contribution is 7.90. The summed E-state index contributed by atoms with van der Waals surface area (Å²) in [6.07, 6.45) is 3.12. The van der Waals surface area contributed by atoms with Gasteiger partial charge in [-0.3, -0.25) is 0 Å². The molecule has 0 aliphatic rings. The Morgan fingerprint density at radius 1 is 0.811 bits per heavy atom. The lowest BCUT2D eigenvalue weighted by atomic mass is 10.1. The lowest BCUT2D eigenvalue weighted by Gasteiger charge is -2.14. The van der Waals surface area contributed by atoms with Gasteiger partial charge in [0.25, 0.3) is 10.0 Å². The Bertz CT molecular complexity index is 1670. The van der Waals surface area contributed by atoms with Crippen LogP contribution in [0.25, 0.3) is 33.5 Å². The fourth-order valence-electron chi connectivity index (χ4n) is 4.17. The van der Waals surface area contributed by atoms with Crippen molar-refractivity contribution in [2.24, 2.45) is 0 Å². The third-order valence-corrected chi connectivity index (χ3v) is 7.75. The number of ether oxygens (including phenoxy) is 3. The molecule has 188 valence electrons. The van der Waals surface area contributed by atoms with Crippen molar-refractivity contribution in [3.63, 3.8) is 0 Å². The number of methoxy groups -OCH3 is 3. The van der Waals surface area contributed by atoms with E-state index in [1.807, 2.05) is 37.3 Å². The largest absolute Gasteiger partial charge is 0.493 e. The molecule has 0 saturated heterocycles. The Morgan fingerprint density at radius 2 is 1.46 bits per heavy atom. The summed E-state index contributed by atoms with van der Waals surface area (Å²) >= 11 is 0. The zero-order valence-corrected chi connectivity index (χ0v) is 21.6. The van der Waals surface area contributed by atoms with Gasteiger partial charge in [0.1, 0.15) is 5.52 Å². The van der Waals surface area contributed by atoms with Crippen molar-refractivity contribution >= 4 is 21.2 Å². The molecular formula is C28H25N3O5S. The number of benzene rings is 3. The molecule has 0 fully saturated rings. The molecule has 3 aromatic carbocycles. The first-order valence-electron chi connectivity index (χ1n) is 11.4. The Hall–Kier alpha value is -4.37. The van der Waals surface area contributed by atoms with Crippen LogP contribution in [0.2, 0.25) is 0 Å². The predicted octanol–water partition coefficient (Wildman–Crippen LogP) is 5.34. The van der Waals surface area contributed by atoms with Gasteiger partial charge in [0, 0.05) is 17.3 Å². The molecule has 0 atom stereocenters. The van der Waals surface area contributed by atoms with Crippen LogP contribution >= 0.6 is 0 Å². The van der Waals surface area contributed by atoms with Crippen molar-refractivity contribution in [3.05, 3.63) is 84.7 Å². The van der Waals surface area contributed by atoms with Gasteiger partial charge in [-0.2, -0.15) is 0 Å². The molecule has 2 heterocycles. The minimum Gasteiger partial charge on any atom is -0.493 e. The Morgan fingerprint density at radius 3 is 2.05 bits per heavy atom. The van der Waals surface area contributed by atoms with Crippen LogP contribution < -0.4 is 14.2 Å². The third-order valence-electron chi connectivity index (χ3n) is 6.09. The van der Waals surface area contributed by atoms with E-state index in [1.54, 1.807) is 63.0 Å².